The van der Waals surface area contributed by atoms with Crippen molar-refractivity contribution >= 4 is 17.7 Å². The number of aromatic nitrogens is 1. The first kappa shape index (κ1) is 15.9. The largest absolute Gasteiger partial charge is 0.478 e. The quantitative estimate of drug-likeness (QED) is 0.706. The number of aromatic carboxylic acids is 1. The van der Waals surface area contributed by atoms with Gasteiger partial charge in [-0.15, -0.1) is 0 Å². The lowest BCUT2D eigenvalue weighted by molar-refractivity contribution is 0.0696. The number of hydrogen-bond acceptors (Lipinski definition) is 4. The van der Waals surface area contributed by atoms with Crippen molar-refractivity contribution in [3.8, 4) is 0 Å². The van der Waals surface area contributed by atoms with Crippen molar-refractivity contribution in [1.29, 1.82) is 0 Å². The van der Waals surface area contributed by atoms with Crippen molar-refractivity contribution in [2.24, 2.45) is 0 Å². The molecule has 7 nitrogen and oxygen atoms in total. The molecule has 0 saturated carbocycles. The molecule has 1 unspecified atom stereocenters. The van der Waals surface area contributed by atoms with E-state index < -0.39 is 12.0 Å². The summed E-state index contributed by atoms with van der Waals surface area (Å²) in [6, 6.07) is 0.852. The molecule has 2 amide bonds. The molecular weight excluding hydrogens is 262 g/mol. The number of anilines is 1. The Bertz CT molecular complexity index is 459. The molecule has 1 atom stereocenters. The fourth-order valence-corrected chi connectivity index (χ4v) is 1.72. The maximum Gasteiger partial charge on any atom is 0.337 e. The second kappa shape index (κ2) is 8.11. The molecule has 0 aliphatic rings. The first-order valence-corrected chi connectivity index (χ1v) is 6.31. The number of methoxy groups -OCH3 is 1. The lowest BCUT2D eigenvalue weighted by atomic mass is 10.2. The van der Waals surface area contributed by atoms with Gasteiger partial charge in [0.25, 0.3) is 0 Å². The average Bonchev–Trinajstić information content (AvgIpc) is 2.39. The van der Waals surface area contributed by atoms with Gasteiger partial charge in [-0.3, -0.25) is 4.98 Å². The minimum Gasteiger partial charge on any atom is -0.478 e. The number of carbonyl (C=O) groups excluding carboxylic acids is 1. The Labute approximate surface area is 117 Å². The fourth-order valence-electron chi connectivity index (χ4n) is 1.72. The van der Waals surface area contributed by atoms with E-state index in [0.717, 1.165) is 12.8 Å². The summed E-state index contributed by atoms with van der Waals surface area (Å²) in [5, 5.41) is 14.2. The van der Waals surface area contributed by atoms with Gasteiger partial charge in [0.1, 0.15) is 0 Å². The van der Waals surface area contributed by atoms with Gasteiger partial charge in [-0.1, -0.05) is 13.3 Å². The number of rotatable bonds is 7. The van der Waals surface area contributed by atoms with E-state index in [-0.39, 0.29) is 11.6 Å². The van der Waals surface area contributed by atoms with Crippen LogP contribution in [0.15, 0.2) is 18.5 Å². The average molecular weight is 281 g/mol. The molecule has 0 saturated heterocycles. The topological polar surface area (TPSA) is 101 Å². The normalized spacial score (nSPS) is 11.7. The molecule has 1 rings (SSSR count). The van der Waals surface area contributed by atoms with E-state index in [9.17, 15) is 9.59 Å². The van der Waals surface area contributed by atoms with Gasteiger partial charge in [0, 0.05) is 13.3 Å². The summed E-state index contributed by atoms with van der Waals surface area (Å²) < 4.78 is 5.03. The highest BCUT2D eigenvalue weighted by atomic mass is 16.5. The van der Waals surface area contributed by atoms with Gasteiger partial charge in [0.05, 0.1) is 30.1 Å². The maximum absolute atomic E-state index is 11.8. The summed E-state index contributed by atoms with van der Waals surface area (Å²) in [5.74, 6) is -1.09. The maximum atomic E-state index is 11.8. The number of carboxylic acid groups (broad SMARTS) is 1. The van der Waals surface area contributed by atoms with Crippen LogP contribution in [-0.2, 0) is 4.74 Å². The van der Waals surface area contributed by atoms with Crippen molar-refractivity contribution < 1.29 is 19.4 Å². The van der Waals surface area contributed by atoms with E-state index in [1.807, 2.05) is 6.92 Å². The molecule has 1 aromatic rings. The second-order valence-corrected chi connectivity index (χ2v) is 4.31. The third-order valence-corrected chi connectivity index (χ3v) is 2.58. The number of carboxylic acids is 1. The summed E-state index contributed by atoms with van der Waals surface area (Å²) in [6.07, 6.45) is 4.33. The van der Waals surface area contributed by atoms with E-state index >= 15 is 0 Å². The highest BCUT2D eigenvalue weighted by molar-refractivity contribution is 5.92. The molecule has 3 N–H and O–H groups in total. The lowest BCUT2D eigenvalue weighted by Crippen LogP contribution is -2.40. The van der Waals surface area contributed by atoms with E-state index in [1.54, 1.807) is 7.11 Å². The minimum atomic E-state index is -1.09. The van der Waals surface area contributed by atoms with Gasteiger partial charge in [0.15, 0.2) is 0 Å². The Morgan fingerprint density at radius 1 is 1.45 bits per heavy atom. The van der Waals surface area contributed by atoms with Crippen LogP contribution in [0.5, 0.6) is 0 Å². The predicted molar refractivity (Wildman–Crippen MR) is 73.9 cm³/mol. The van der Waals surface area contributed by atoms with Crippen LogP contribution in [0.3, 0.4) is 0 Å². The number of amides is 2. The minimum absolute atomic E-state index is 0.0183. The zero-order valence-electron chi connectivity index (χ0n) is 11.5. The molecule has 1 aromatic heterocycles. The van der Waals surface area contributed by atoms with Crippen LogP contribution < -0.4 is 10.6 Å². The van der Waals surface area contributed by atoms with E-state index in [0.29, 0.717) is 12.3 Å². The van der Waals surface area contributed by atoms with Gasteiger partial charge in [-0.2, -0.15) is 0 Å². The zero-order valence-corrected chi connectivity index (χ0v) is 11.5. The Morgan fingerprint density at radius 3 is 2.80 bits per heavy atom. The van der Waals surface area contributed by atoms with Gasteiger partial charge in [-0.05, 0) is 12.5 Å². The Balaban J connectivity index is 2.60. The summed E-state index contributed by atoms with van der Waals surface area (Å²) >= 11 is 0. The molecule has 0 aliphatic carbocycles. The van der Waals surface area contributed by atoms with E-state index in [4.69, 9.17) is 9.84 Å². The molecule has 7 heteroatoms. The molecule has 0 aliphatic heterocycles. The second-order valence-electron chi connectivity index (χ2n) is 4.31. The molecule has 0 bridgehead atoms. The molecule has 1 heterocycles. The number of nitrogens with one attached hydrogen (secondary N) is 2. The van der Waals surface area contributed by atoms with Crippen molar-refractivity contribution in [2.45, 2.75) is 25.8 Å². The van der Waals surface area contributed by atoms with Gasteiger partial charge in [0.2, 0.25) is 0 Å². The van der Waals surface area contributed by atoms with Gasteiger partial charge in [-0.25, -0.2) is 9.59 Å². The monoisotopic (exact) mass is 281 g/mol. The van der Waals surface area contributed by atoms with Crippen LogP contribution in [0.2, 0.25) is 0 Å². The summed E-state index contributed by atoms with van der Waals surface area (Å²) in [4.78, 5) is 26.4. The number of hydrogen-bond donors (Lipinski definition) is 3. The third kappa shape index (κ3) is 5.23. The number of carbonyl (C=O) groups is 2. The van der Waals surface area contributed by atoms with Crippen LogP contribution in [-0.4, -0.2) is 41.8 Å². The van der Waals surface area contributed by atoms with Gasteiger partial charge < -0.3 is 20.5 Å². The number of ether oxygens (including phenoxy) is 1. The molecule has 110 valence electrons. The van der Waals surface area contributed by atoms with Crippen LogP contribution in [0.4, 0.5) is 10.5 Å². The third-order valence-electron chi connectivity index (χ3n) is 2.58. The Morgan fingerprint density at radius 2 is 2.20 bits per heavy atom. The van der Waals surface area contributed by atoms with E-state index in [1.165, 1.54) is 18.5 Å². The fraction of sp³-hybridized carbons (Fsp3) is 0.462. The van der Waals surface area contributed by atoms with Crippen LogP contribution in [0.25, 0.3) is 0 Å². The van der Waals surface area contributed by atoms with Crippen molar-refractivity contribution in [2.75, 3.05) is 19.0 Å². The van der Waals surface area contributed by atoms with Crippen LogP contribution >= 0.6 is 0 Å². The molecule has 0 fully saturated rings. The molecule has 0 spiro atoms. The summed E-state index contributed by atoms with van der Waals surface area (Å²) in [7, 11) is 1.57. The summed E-state index contributed by atoms with van der Waals surface area (Å²) in [6.45, 7) is 2.44. The van der Waals surface area contributed by atoms with Gasteiger partial charge >= 0.3 is 12.0 Å². The predicted octanol–water partition coefficient (Wildman–Crippen LogP) is 1.72. The zero-order chi connectivity index (χ0) is 15.0. The van der Waals surface area contributed by atoms with Crippen molar-refractivity contribution in [3.05, 3.63) is 24.0 Å². The number of nitrogens with zero attached hydrogens (tertiary/aromatic N) is 1. The Hall–Kier alpha value is -2.15. The number of urea groups is 1. The van der Waals surface area contributed by atoms with Crippen molar-refractivity contribution in [1.82, 2.24) is 10.3 Å². The smallest absolute Gasteiger partial charge is 0.337 e. The van der Waals surface area contributed by atoms with Crippen molar-refractivity contribution in [3.63, 3.8) is 0 Å². The first-order valence-electron chi connectivity index (χ1n) is 6.31. The molecule has 0 radical (unpaired) electrons. The first-order chi connectivity index (χ1) is 9.56. The van der Waals surface area contributed by atoms with E-state index in [2.05, 4.69) is 15.6 Å². The molecule has 0 aromatic carbocycles. The van der Waals surface area contributed by atoms with Crippen LogP contribution in [0, 0.1) is 0 Å². The standard InChI is InChI=1S/C13H19N3O4/c1-3-4-10(8-20-2)15-13(19)16-11-5-9(12(17)18)6-14-7-11/h5-7,10H,3-4,8H2,1-2H3,(H,17,18)(H2,15,16,19). The highest BCUT2D eigenvalue weighted by Gasteiger charge is 2.12. The number of pyridine rings is 1. The molecule has 20 heavy (non-hydrogen) atoms. The Kier molecular flexibility index (Phi) is 6.45. The highest BCUT2D eigenvalue weighted by Crippen LogP contribution is 2.08. The lowest BCUT2D eigenvalue weighted by Gasteiger charge is -2.17. The summed E-state index contributed by atoms with van der Waals surface area (Å²) in [5.41, 5.74) is 0.347. The van der Waals surface area contributed by atoms with Crippen LogP contribution in [0.1, 0.15) is 30.1 Å². The SMILES string of the molecule is CCCC(COC)NC(=O)Nc1cncc(C(=O)O)c1. The molecular formula is C13H19N3O4.